The van der Waals surface area contributed by atoms with Crippen molar-refractivity contribution in [3.8, 4) is 11.1 Å². The Kier molecular flexibility index (Phi) is 5.15. The second kappa shape index (κ2) is 7.90. The number of nitrogens with one attached hydrogen (secondary N) is 1. The van der Waals surface area contributed by atoms with Gasteiger partial charge in [-0.1, -0.05) is 48.5 Å². The molecule has 2 aliphatic carbocycles. The molecule has 1 saturated heterocycles. The minimum atomic E-state index is -0.994. The molecule has 3 aliphatic rings. The largest absolute Gasteiger partial charge is 0.481 e. The molecule has 2 aromatic rings. The Hall–Kier alpha value is -3.35. The average Bonchev–Trinajstić information content (AvgIpc) is 3.34. The van der Waals surface area contributed by atoms with Gasteiger partial charge in [-0.05, 0) is 54.9 Å². The summed E-state index contributed by atoms with van der Waals surface area (Å²) in [6, 6.07) is 16.3. The molecule has 0 radical (unpaired) electrons. The van der Waals surface area contributed by atoms with Gasteiger partial charge in [-0.3, -0.25) is 9.59 Å². The number of carboxylic acid groups (broad SMARTS) is 1. The number of rotatable bonds is 5. The van der Waals surface area contributed by atoms with Gasteiger partial charge in [-0.25, -0.2) is 4.79 Å². The second-order valence-corrected chi connectivity index (χ2v) is 9.73. The number of nitrogens with zero attached hydrogens (tertiary/aromatic N) is 1. The summed E-state index contributed by atoms with van der Waals surface area (Å²) in [5.41, 5.74) is 2.64. The van der Waals surface area contributed by atoms with Crippen LogP contribution < -0.4 is 5.32 Å². The molecule has 2 N–H and O–H groups in total. The summed E-state index contributed by atoms with van der Waals surface area (Å²) < 4.78 is 5.65. The van der Waals surface area contributed by atoms with Gasteiger partial charge in [0.25, 0.3) is 0 Å². The highest BCUT2D eigenvalue weighted by atomic mass is 16.5. The van der Waals surface area contributed by atoms with Gasteiger partial charge in [0, 0.05) is 19.0 Å². The Balaban J connectivity index is 1.26. The maximum Gasteiger partial charge on any atom is 0.408 e. The van der Waals surface area contributed by atoms with Crippen molar-refractivity contribution in [2.75, 3.05) is 19.7 Å². The number of ether oxygens (including phenoxy) is 1. The van der Waals surface area contributed by atoms with Gasteiger partial charge < -0.3 is 20.1 Å². The quantitative estimate of drug-likeness (QED) is 0.726. The zero-order valence-corrected chi connectivity index (χ0v) is 18.7. The van der Waals surface area contributed by atoms with E-state index in [9.17, 15) is 19.5 Å². The van der Waals surface area contributed by atoms with Crippen LogP contribution in [0.3, 0.4) is 0 Å². The Labute approximate surface area is 192 Å². The van der Waals surface area contributed by atoms with Crippen LogP contribution in [0.2, 0.25) is 0 Å². The molecule has 2 fully saturated rings. The number of benzene rings is 2. The third kappa shape index (κ3) is 3.56. The topological polar surface area (TPSA) is 95.9 Å². The van der Waals surface area contributed by atoms with Crippen molar-refractivity contribution >= 4 is 18.0 Å². The average molecular weight is 449 g/mol. The molecule has 2 amide bonds. The molecule has 1 aliphatic heterocycles. The van der Waals surface area contributed by atoms with Crippen LogP contribution in [0.15, 0.2) is 48.5 Å². The van der Waals surface area contributed by atoms with Crippen LogP contribution in [-0.4, -0.2) is 53.2 Å². The number of aliphatic carboxylic acids is 1. The van der Waals surface area contributed by atoms with E-state index in [2.05, 4.69) is 29.6 Å². The normalized spacial score (nSPS) is 22.8. The molecule has 1 heterocycles. The van der Waals surface area contributed by atoms with Gasteiger partial charge in [0.15, 0.2) is 0 Å². The van der Waals surface area contributed by atoms with Gasteiger partial charge in [-0.2, -0.15) is 0 Å². The van der Waals surface area contributed by atoms with Crippen molar-refractivity contribution in [3.05, 3.63) is 59.7 Å². The van der Waals surface area contributed by atoms with Gasteiger partial charge >= 0.3 is 12.1 Å². The summed E-state index contributed by atoms with van der Waals surface area (Å²) in [6.45, 7) is 2.39. The Bertz CT molecular complexity index is 1080. The molecule has 7 heteroatoms. The van der Waals surface area contributed by atoms with Crippen molar-refractivity contribution < 1.29 is 24.2 Å². The van der Waals surface area contributed by atoms with E-state index in [0.29, 0.717) is 25.8 Å². The first kappa shape index (κ1) is 21.5. The summed E-state index contributed by atoms with van der Waals surface area (Å²) in [5, 5.41) is 12.3. The van der Waals surface area contributed by atoms with Crippen LogP contribution in [0.1, 0.15) is 49.7 Å². The van der Waals surface area contributed by atoms with Crippen molar-refractivity contribution in [2.45, 2.75) is 44.1 Å². The Morgan fingerprint density at radius 2 is 1.64 bits per heavy atom. The van der Waals surface area contributed by atoms with Crippen molar-refractivity contribution in [1.82, 2.24) is 10.2 Å². The zero-order valence-electron chi connectivity index (χ0n) is 18.7. The molecule has 0 bridgehead atoms. The highest BCUT2D eigenvalue weighted by Crippen LogP contribution is 2.44. The lowest BCUT2D eigenvalue weighted by Crippen LogP contribution is -2.63. The summed E-state index contributed by atoms with van der Waals surface area (Å²) in [6.07, 6.45) is 1.71. The van der Waals surface area contributed by atoms with Crippen molar-refractivity contribution in [3.63, 3.8) is 0 Å². The molecule has 1 saturated carbocycles. The van der Waals surface area contributed by atoms with E-state index in [0.717, 1.165) is 28.7 Å². The predicted octanol–water partition coefficient (Wildman–Crippen LogP) is 3.77. The van der Waals surface area contributed by atoms with E-state index in [-0.39, 0.29) is 25.0 Å². The summed E-state index contributed by atoms with van der Waals surface area (Å²) in [5.74, 6) is -1.15. The zero-order chi connectivity index (χ0) is 23.2. The standard InChI is InChI=1S/C26H28N2O5/c1-25(23(30)31)13-14-28(16-25)22(29)26(11-6-12-26)27-24(32)33-15-21-19-9-4-2-7-17(19)18-8-3-5-10-20(18)21/h2-5,7-10,21H,6,11-16H2,1H3,(H,27,32)(H,30,31). The molecule has 1 unspecified atom stereocenters. The highest BCUT2D eigenvalue weighted by Gasteiger charge is 2.52. The SMILES string of the molecule is CC1(C(=O)O)CCN(C(=O)C2(NC(=O)OCC3c4ccccc4-c4ccccc43)CCC2)C1. The maximum absolute atomic E-state index is 13.2. The van der Waals surface area contributed by atoms with Gasteiger partial charge in [0.1, 0.15) is 12.1 Å². The predicted molar refractivity (Wildman–Crippen MR) is 122 cm³/mol. The third-order valence-corrected chi connectivity index (χ3v) is 7.58. The first-order chi connectivity index (χ1) is 15.8. The fourth-order valence-electron chi connectivity index (χ4n) is 5.36. The third-order valence-electron chi connectivity index (χ3n) is 7.58. The van der Waals surface area contributed by atoms with Crippen LogP contribution in [0, 0.1) is 5.41 Å². The number of alkyl carbamates (subject to hydrolysis) is 1. The minimum Gasteiger partial charge on any atom is -0.481 e. The number of amides is 2. The first-order valence-corrected chi connectivity index (χ1v) is 11.5. The van der Waals surface area contributed by atoms with E-state index in [4.69, 9.17) is 4.74 Å². The van der Waals surface area contributed by atoms with Crippen LogP contribution in [-0.2, 0) is 14.3 Å². The Morgan fingerprint density at radius 1 is 1.03 bits per heavy atom. The summed E-state index contributed by atoms with van der Waals surface area (Å²) in [4.78, 5) is 39.2. The molecule has 5 rings (SSSR count). The number of carboxylic acids is 1. The smallest absolute Gasteiger partial charge is 0.408 e. The molecule has 0 spiro atoms. The first-order valence-electron chi connectivity index (χ1n) is 11.5. The van der Waals surface area contributed by atoms with Crippen molar-refractivity contribution in [1.29, 1.82) is 0 Å². The number of hydrogen-bond donors (Lipinski definition) is 2. The second-order valence-electron chi connectivity index (χ2n) is 9.73. The molecular formula is C26H28N2O5. The number of likely N-dealkylation sites (tertiary alicyclic amines) is 1. The van der Waals surface area contributed by atoms with E-state index in [1.807, 2.05) is 24.3 Å². The fraction of sp³-hybridized carbons (Fsp3) is 0.423. The lowest BCUT2D eigenvalue weighted by Gasteiger charge is -2.42. The Morgan fingerprint density at radius 3 is 2.15 bits per heavy atom. The van der Waals surface area contributed by atoms with E-state index < -0.39 is 23.0 Å². The van der Waals surface area contributed by atoms with Crippen LogP contribution in [0.25, 0.3) is 11.1 Å². The van der Waals surface area contributed by atoms with Crippen LogP contribution >= 0.6 is 0 Å². The monoisotopic (exact) mass is 448 g/mol. The van der Waals surface area contributed by atoms with E-state index in [1.54, 1.807) is 11.8 Å². The summed E-state index contributed by atoms with van der Waals surface area (Å²) >= 11 is 0. The van der Waals surface area contributed by atoms with Gasteiger partial charge in [0.2, 0.25) is 5.91 Å². The lowest BCUT2D eigenvalue weighted by molar-refractivity contribution is -0.148. The minimum absolute atomic E-state index is 0.0500. The molecule has 2 aromatic carbocycles. The number of fused-ring (bicyclic) bond motifs is 3. The van der Waals surface area contributed by atoms with Gasteiger partial charge in [0.05, 0.1) is 5.41 Å². The maximum atomic E-state index is 13.2. The molecule has 0 aromatic heterocycles. The van der Waals surface area contributed by atoms with E-state index >= 15 is 0 Å². The molecule has 172 valence electrons. The van der Waals surface area contributed by atoms with Crippen molar-refractivity contribution in [2.24, 2.45) is 5.41 Å². The lowest BCUT2D eigenvalue weighted by atomic mass is 9.75. The van der Waals surface area contributed by atoms with Gasteiger partial charge in [-0.15, -0.1) is 0 Å². The molecule has 7 nitrogen and oxygen atoms in total. The van der Waals surface area contributed by atoms with Crippen LogP contribution in [0.5, 0.6) is 0 Å². The highest BCUT2D eigenvalue weighted by molar-refractivity contribution is 5.92. The summed E-state index contributed by atoms with van der Waals surface area (Å²) in [7, 11) is 0. The van der Waals surface area contributed by atoms with E-state index in [1.165, 1.54) is 0 Å². The number of hydrogen-bond acceptors (Lipinski definition) is 4. The van der Waals surface area contributed by atoms with Crippen LogP contribution in [0.4, 0.5) is 4.79 Å². The molecular weight excluding hydrogens is 420 g/mol. The fourth-order valence-corrected chi connectivity index (χ4v) is 5.36. The number of carbonyl (C=O) groups is 3. The number of carbonyl (C=O) groups excluding carboxylic acids is 2. The molecule has 1 atom stereocenters. The molecule has 33 heavy (non-hydrogen) atoms.